The van der Waals surface area contributed by atoms with Crippen molar-refractivity contribution in [3.63, 3.8) is 0 Å². The van der Waals surface area contributed by atoms with Gasteiger partial charge in [-0.1, -0.05) is 0 Å². The van der Waals surface area contributed by atoms with Gasteiger partial charge in [0, 0.05) is 40.0 Å². The van der Waals surface area contributed by atoms with Gasteiger partial charge in [-0.25, -0.2) is 0 Å². The highest BCUT2D eigenvalue weighted by Crippen LogP contribution is 2.20. The zero-order valence-electron chi connectivity index (χ0n) is 21.6. The van der Waals surface area contributed by atoms with Crippen molar-refractivity contribution >= 4 is 35.5 Å². The normalized spacial score (nSPS) is 16.4. The van der Waals surface area contributed by atoms with Gasteiger partial charge in [-0.3, -0.25) is 29.0 Å². The Morgan fingerprint density at radius 1 is 0.944 bits per heavy atom. The molecule has 1 aliphatic rings. The third-order valence-electron chi connectivity index (χ3n) is 5.74. The number of carbonyl (C=O) groups excluding carboxylic acids is 5. The molecule has 0 aromatic carbocycles. The number of nitrogens with zero attached hydrogens (tertiary/aromatic N) is 2. The third-order valence-corrected chi connectivity index (χ3v) is 5.74. The van der Waals surface area contributed by atoms with Gasteiger partial charge in [0.25, 0.3) is 0 Å². The van der Waals surface area contributed by atoms with Crippen molar-refractivity contribution in [1.82, 2.24) is 26.2 Å². The van der Waals surface area contributed by atoms with Crippen LogP contribution in [0, 0.1) is 0 Å². The fraction of sp³-hybridized carbons (Fsp3) is 0.739. The molecule has 1 heterocycles. The highest BCUT2D eigenvalue weighted by Gasteiger charge is 2.37. The second-order valence-corrected chi connectivity index (χ2v) is 8.83. The van der Waals surface area contributed by atoms with Crippen LogP contribution in [0.25, 0.3) is 0 Å². The first-order chi connectivity index (χ1) is 17.1. The quantitative estimate of drug-likeness (QED) is 0.0870. The van der Waals surface area contributed by atoms with E-state index in [0.29, 0.717) is 58.2 Å². The molecule has 0 aromatic heterocycles. The molecular formula is C23H42N8O5. The second kappa shape index (κ2) is 16.3. The van der Waals surface area contributed by atoms with E-state index in [-0.39, 0.29) is 42.6 Å². The maximum absolute atomic E-state index is 13.5. The molecule has 13 heteroatoms. The highest BCUT2D eigenvalue weighted by atomic mass is 16.2. The summed E-state index contributed by atoms with van der Waals surface area (Å²) < 4.78 is 0. The number of rotatable bonds is 15. The Hall–Kier alpha value is -3.38. The molecule has 1 aliphatic heterocycles. The summed E-state index contributed by atoms with van der Waals surface area (Å²) >= 11 is 0. The van der Waals surface area contributed by atoms with Crippen molar-refractivity contribution in [1.29, 1.82) is 0 Å². The number of nitrogens with two attached hydrogens (primary N) is 2. The van der Waals surface area contributed by atoms with Gasteiger partial charge in [0.1, 0.15) is 18.1 Å². The van der Waals surface area contributed by atoms with Gasteiger partial charge in [0.2, 0.25) is 29.5 Å². The van der Waals surface area contributed by atoms with Gasteiger partial charge in [0.15, 0.2) is 5.96 Å². The van der Waals surface area contributed by atoms with E-state index in [0.717, 1.165) is 0 Å². The molecule has 1 fully saturated rings. The molecule has 0 spiro atoms. The average molecular weight is 511 g/mol. The largest absolute Gasteiger partial charge is 0.370 e. The predicted molar refractivity (Wildman–Crippen MR) is 135 cm³/mol. The first kappa shape index (κ1) is 30.7. The zero-order valence-corrected chi connectivity index (χ0v) is 21.6. The highest BCUT2D eigenvalue weighted by molar-refractivity contribution is 5.94. The molecule has 1 saturated heterocycles. The Kier molecular flexibility index (Phi) is 13.9. The number of unbranched alkanes of at least 4 members (excludes halogenated alkanes) is 1. The molecule has 8 N–H and O–H groups in total. The van der Waals surface area contributed by atoms with Crippen molar-refractivity contribution in [3.05, 3.63) is 0 Å². The Bertz CT molecular complexity index is 799. The van der Waals surface area contributed by atoms with E-state index in [1.807, 2.05) is 6.92 Å². The molecule has 0 aromatic rings. The molecule has 0 saturated carbocycles. The maximum atomic E-state index is 13.5. The number of amides is 5. The lowest BCUT2D eigenvalue weighted by molar-refractivity contribution is -0.142. The van der Waals surface area contributed by atoms with Gasteiger partial charge in [-0.15, -0.1) is 0 Å². The third kappa shape index (κ3) is 11.4. The van der Waals surface area contributed by atoms with E-state index in [1.54, 1.807) is 0 Å². The van der Waals surface area contributed by atoms with Gasteiger partial charge in [-0.05, 0) is 51.9 Å². The number of guanidine groups is 1. The molecule has 0 radical (unpaired) electrons. The summed E-state index contributed by atoms with van der Waals surface area (Å²) in [6.07, 6.45) is 3.47. The van der Waals surface area contributed by atoms with Crippen LogP contribution in [0.2, 0.25) is 0 Å². The Morgan fingerprint density at radius 2 is 1.64 bits per heavy atom. The predicted octanol–water partition coefficient (Wildman–Crippen LogP) is -1.54. The number of likely N-dealkylation sites (N-methyl/N-ethyl adjacent to an activating group) is 1. The molecule has 36 heavy (non-hydrogen) atoms. The lowest BCUT2D eigenvalue weighted by Gasteiger charge is -2.29. The van der Waals surface area contributed by atoms with Gasteiger partial charge >= 0.3 is 0 Å². The van der Waals surface area contributed by atoms with Crippen molar-refractivity contribution in [3.8, 4) is 0 Å². The fourth-order valence-corrected chi connectivity index (χ4v) is 4.08. The Morgan fingerprint density at radius 3 is 2.25 bits per heavy atom. The number of hydrogen-bond donors (Lipinski definition) is 6. The minimum atomic E-state index is -0.905. The minimum Gasteiger partial charge on any atom is -0.370 e. The summed E-state index contributed by atoms with van der Waals surface area (Å²) in [5.41, 5.74) is 10.8. The van der Waals surface area contributed by atoms with Crippen LogP contribution < -0.4 is 32.7 Å². The van der Waals surface area contributed by atoms with E-state index in [4.69, 9.17) is 11.5 Å². The van der Waals surface area contributed by atoms with Crippen molar-refractivity contribution in [2.45, 2.75) is 83.8 Å². The molecule has 0 aliphatic carbocycles. The van der Waals surface area contributed by atoms with Crippen LogP contribution in [0.5, 0.6) is 0 Å². The van der Waals surface area contributed by atoms with Crippen molar-refractivity contribution < 1.29 is 24.0 Å². The van der Waals surface area contributed by atoms with Gasteiger partial charge in [0.05, 0.1) is 0 Å². The summed E-state index contributed by atoms with van der Waals surface area (Å²) in [5, 5.41) is 10.9. The van der Waals surface area contributed by atoms with Crippen LogP contribution in [0.1, 0.15) is 65.7 Å². The molecule has 204 valence electrons. The van der Waals surface area contributed by atoms with Crippen LogP contribution >= 0.6 is 0 Å². The summed E-state index contributed by atoms with van der Waals surface area (Å²) in [4.78, 5) is 67.2. The van der Waals surface area contributed by atoms with E-state index >= 15 is 0 Å². The molecule has 5 amide bonds. The maximum Gasteiger partial charge on any atom is 0.245 e. The lowest BCUT2D eigenvalue weighted by atomic mass is 10.1. The molecule has 1 rings (SSSR count). The summed E-state index contributed by atoms with van der Waals surface area (Å²) in [7, 11) is 0. The lowest BCUT2D eigenvalue weighted by Crippen LogP contribution is -2.56. The van der Waals surface area contributed by atoms with E-state index in [9.17, 15) is 24.0 Å². The summed E-state index contributed by atoms with van der Waals surface area (Å²) in [6.45, 7) is 6.16. The smallest absolute Gasteiger partial charge is 0.245 e. The number of nitrogens with one attached hydrogen (secondary N) is 4. The van der Waals surface area contributed by atoms with E-state index in [1.165, 1.54) is 18.7 Å². The summed E-state index contributed by atoms with van der Waals surface area (Å²) in [5.74, 6) is -1.63. The molecule has 13 nitrogen and oxygen atoms in total. The molecular weight excluding hydrogens is 468 g/mol. The van der Waals surface area contributed by atoms with Crippen molar-refractivity contribution in [2.24, 2.45) is 16.5 Å². The van der Waals surface area contributed by atoms with Crippen LogP contribution in [0.4, 0.5) is 0 Å². The first-order valence-electron chi connectivity index (χ1n) is 12.5. The average Bonchev–Trinajstić information content (AvgIpc) is 3.29. The molecule has 3 atom stereocenters. The van der Waals surface area contributed by atoms with Gasteiger partial charge < -0.3 is 37.6 Å². The van der Waals surface area contributed by atoms with Crippen LogP contribution in [0.15, 0.2) is 4.99 Å². The monoisotopic (exact) mass is 510 g/mol. The number of likely N-dealkylation sites (tertiary alicyclic amines) is 1. The SMILES string of the molecule is CCNC(=O)[C@@H]1CCCN1C(=O)[C@@H](CCCN=C(N)N)NC(=O)[C@@H](CCCCNC(C)=O)NC(C)=O. The second-order valence-electron chi connectivity index (χ2n) is 8.83. The van der Waals surface area contributed by atoms with Crippen LogP contribution in [0.3, 0.4) is 0 Å². The first-order valence-corrected chi connectivity index (χ1v) is 12.5. The Labute approximate surface area is 212 Å². The number of aliphatic imine (C=N–C) groups is 1. The van der Waals surface area contributed by atoms with Gasteiger partial charge in [-0.2, -0.15) is 0 Å². The fourth-order valence-electron chi connectivity index (χ4n) is 4.08. The van der Waals surface area contributed by atoms with Crippen molar-refractivity contribution in [2.75, 3.05) is 26.2 Å². The van der Waals surface area contributed by atoms with Crippen LogP contribution in [-0.4, -0.2) is 84.7 Å². The minimum absolute atomic E-state index is 0.0669. The zero-order chi connectivity index (χ0) is 27.1. The summed E-state index contributed by atoms with van der Waals surface area (Å²) in [6, 6.07) is -2.34. The molecule has 0 unspecified atom stereocenters. The Balaban J connectivity index is 2.93. The number of hydrogen-bond acceptors (Lipinski definition) is 6. The topological polar surface area (TPSA) is 201 Å². The van der Waals surface area contributed by atoms with E-state index in [2.05, 4.69) is 26.3 Å². The number of carbonyl (C=O) groups is 5. The molecule has 0 bridgehead atoms. The van der Waals surface area contributed by atoms with E-state index < -0.39 is 24.0 Å². The van der Waals surface area contributed by atoms with Crippen LogP contribution in [-0.2, 0) is 24.0 Å². The standard InChI is InChI=1S/C23H42N8O5/c1-4-26-21(35)19-11-8-14-31(19)22(36)18(10-7-13-28-23(24)25)30-20(34)17(29-16(3)33)9-5-6-12-27-15(2)32/h17-19H,4-14H2,1-3H3,(H,26,35)(H,27,32)(H,29,33)(H,30,34)(H4,24,25,28)/t17-,18-,19+/m1/s1.